The van der Waals surface area contributed by atoms with Crippen LogP contribution < -0.4 is 10.6 Å². The molecule has 0 radical (unpaired) electrons. The third kappa shape index (κ3) is 11.9. The predicted molar refractivity (Wildman–Crippen MR) is 167 cm³/mol. The zero-order valence-electron chi connectivity index (χ0n) is 26.8. The highest BCUT2D eigenvalue weighted by Crippen LogP contribution is 2.27. The summed E-state index contributed by atoms with van der Waals surface area (Å²) < 4.78 is 16.3. The lowest BCUT2D eigenvalue weighted by atomic mass is 10.1. The number of amides is 3. The van der Waals surface area contributed by atoms with E-state index in [9.17, 15) is 19.2 Å². The molecule has 0 aliphatic heterocycles. The molecule has 0 fully saturated rings. The standard InChI is InChI=1S/C34H47N3O7/c1-33(2,3)43-29(38)22-37(27-20-25-16-10-11-17-26(25)21-27)30(39)28(36-32(41)44-34(4,5)6)18-12-13-19-35-31(40)42-23-24-14-8-7-9-15-24/h7-11,14-17,27-28H,12-13,18-23H2,1-6H3,(H,35,40)(H,36,41)/t28-/m0/s1. The topological polar surface area (TPSA) is 123 Å². The minimum atomic E-state index is -0.943. The second-order valence-corrected chi connectivity index (χ2v) is 13.1. The number of hydrogen-bond acceptors (Lipinski definition) is 7. The number of hydrogen-bond donors (Lipinski definition) is 2. The molecule has 0 spiro atoms. The Morgan fingerprint density at radius 3 is 2.00 bits per heavy atom. The van der Waals surface area contributed by atoms with Crippen LogP contribution in [0.25, 0.3) is 0 Å². The van der Waals surface area contributed by atoms with E-state index in [0.29, 0.717) is 32.2 Å². The van der Waals surface area contributed by atoms with E-state index in [1.54, 1.807) is 41.5 Å². The minimum Gasteiger partial charge on any atom is -0.459 e. The van der Waals surface area contributed by atoms with Crippen molar-refractivity contribution in [3.05, 3.63) is 71.3 Å². The number of nitrogens with one attached hydrogen (secondary N) is 2. The van der Waals surface area contributed by atoms with Crippen LogP contribution in [-0.4, -0.2) is 65.3 Å². The van der Waals surface area contributed by atoms with Crippen LogP contribution in [0.4, 0.5) is 9.59 Å². The second-order valence-electron chi connectivity index (χ2n) is 13.1. The molecule has 44 heavy (non-hydrogen) atoms. The molecule has 2 aromatic carbocycles. The first-order chi connectivity index (χ1) is 20.7. The van der Waals surface area contributed by atoms with Gasteiger partial charge in [-0.2, -0.15) is 0 Å². The van der Waals surface area contributed by atoms with Crippen LogP contribution in [0.5, 0.6) is 0 Å². The summed E-state index contributed by atoms with van der Waals surface area (Å²) in [6, 6.07) is 16.1. The van der Waals surface area contributed by atoms with Crippen molar-refractivity contribution < 1.29 is 33.4 Å². The first-order valence-electron chi connectivity index (χ1n) is 15.2. The fourth-order valence-corrected chi connectivity index (χ4v) is 5.00. The molecule has 0 saturated heterocycles. The van der Waals surface area contributed by atoms with Crippen molar-refractivity contribution in [2.45, 2.75) is 104 Å². The van der Waals surface area contributed by atoms with E-state index in [0.717, 1.165) is 16.7 Å². The summed E-state index contributed by atoms with van der Waals surface area (Å²) in [5, 5.41) is 5.46. The summed E-state index contributed by atoms with van der Waals surface area (Å²) in [5.74, 6) is -0.897. The molecule has 10 heteroatoms. The number of fused-ring (bicyclic) bond motifs is 1. The minimum absolute atomic E-state index is 0.168. The number of carbonyl (C=O) groups is 4. The third-order valence-corrected chi connectivity index (χ3v) is 6.86. The largest absolute Gasteiger partial charge is 0.459 e. The van der Waals surface area contributed by atoms with Crippen LogP contribution in [0.1, 0.15) is 77.5 Å². The maximum absolute atomic E-state index is 14.1. The van der Waals surface area contributed by atoms with Crippen LogP contribution in [0.15, 0.2) is 54.6 Å². The predicted octanol–water partition coefficient (Wildman–Crippen LogP) is 5.31. The Labute approximate surface area is 260 Å². The van der Waals surface area contributed by atoms with Gasteiger partial charge in [0.05, 0.1) is 0 Å². The molecule has 0 aromatic heterocycles. The number of unbranched alkanes of at least 4 members (excludes halogenated alkanes) is 1. The molecular weight excluding hydrogens is 562 g/mol. The van der Waals surface area contributed by atoms with Gasteiger partial charge < -0.3 is 29.7 Å². The van der Waals surface area contributed by atoms with Crippen molar-refractivity contribution in [1.82, 2.24) is 15.5 Å². The van der Waals surface area contributed by atoms with Gasteiger partial charge in [-0.3, -0.25) is 9.59 Å². The van der Waals surface area contributed by atoms with Gasteiger partial charge in [0.1, 0.15) is 30.4 Å². The van der Waals surface area contributed by atoms with Gasteiger partial charge in [-0.25, -0.2) is 9.59 Å². The lowest BCUT2D eigenvalue weighted by Crippen LogP contribution is -2.54. The van der Waals surface area contributed by atoms with Gasteiger partial charge in [0, 0.05) is 12.6 Å². The molecule has 0 unspecified atom stereocenters. The van der Waals surface area contributed by atoms with Gasteiger partial charge in [-0.05, 0) is 90.3 Å². The van der Waals surface area contributed by atoms with E-state index in [4.69, 9.17) is 14.2 Å². The van der Waals surface area contributed by atoms with Crippen molar-refractivity contribution in [3.63, 3.8) is 0 Å². The van der Waals surface area contributed by atoms with Crippen LogP contribution in [0.2, 0.25) is 0 Å². The SMILES string of the molecule is CC(C)(C)OC(=O)CN(C(=O)[C@H](CCCCNC(=O)OCc1ccccc1)NC(=O)OC(C)(C)C)C1Cc2ccccc2C1. The molecule has 2 aromatic rings. The van der Waals surface area contributed by atoms with Crippen molar-refractivity contribution in [2.75, 3.05) is 13.1 Å². The zero-order valence-corrected chi connectivity index (χ0v) is 26.8. The average Bonchev–Trinajstić information content (AvgIpc) is 3.36. The molecule has 0 saturated carbocycles. The smallest absolute Gasteiger partial charge is 0.408 e. The molecule has 0 heterocycles. The summed E-state index contributed by atoms with van der Waals surface area (Å²) >= 11 is 0. The summed E-state index contributed by atoms with van der Waals surface area (Å²) in [6.45, 7) is 10.8. The van der Waals surface area contributed by atoms with E-state index >= 15 is 0 Å². The number of nitrogens with zero attached hydrogens (tertiary/aromatic N) is 1. The first-order valence-corrected chi connectivity index (χ1v) is 15.2. The summed E-state index contributed by atoms with van der Waals surface area (Å²) in [6.07, 6.45) is 1.28. The fraction of sp³-hybridized carbons (Fsp3) is 0.529. The van der Waals surface area contributed by atoms with Crippen molar-refractivity contribution in [1.29, 1.82) is 0 Å². The van der Waals surface area contributed by atoms with E-state index in [-0.39, 0.29) is 31.5 Å². The molecule has 2 N–H and O–H groups in total. The van der Waals surface area contributed by atoms with Crippen molar-refractivity contribution in [2.24, 2.45) is 0 Å². The quantitative estimate of drug-likeness (QED) is 0.190. The monoisotopic (exact) mass is 609 g/mol. The van der Waals surface area contributed by atoms with Crippen molar-refractivity contribution in [3.8, 4) is 0 Å². The fourth-order valence-electron chi connectivity index (χ4n) is 5.00. The summed E-state index contributed by atoms with van der Waals surface area (Å²) in [4.78, 5) is 53.6. The van der Waals surface area contributed by atoms with Crippen LogP contribution in [0, 0.1) is 0 Å². The lowest BCUT2D eigenvalue weighted by molar-refractivity contribution is -0.160. The Morgan fingerprint density at radius 1 is 0.818 bits per heavy atom. The summed E-state index contributed by atoms with van der Waals surface area (Å²) in [7, 11) is 0. The number of alkyl carbamates (subject to hydrolysis) is 2. The Bertz CT molecular complexity index is 1240. The first kappa shape index (κ1) is 34.4. The molecule has 3 amide bonds. The van der Waals surface area contributed by atoms with Crippen LogP contribution >= 0.6 is 0 Å². The van der Waals surface area contributed by atoms with Gasteiger partial charge in [0.25, 0.3) is 0 Å². The Balaban J connectivity index is 1.66. The maximum Gasteiger partial charge on any atom is 0.408 e. The van der Waals surface area contributed by atoms with E-state index in [1.807, 2.05) is 54.6 Å². The molecule has 240 valence electrons. The molecule has 0 bridgehead atoms. The average molecular weight is 610 g/mol. The van der Waals surface area contributed by atoms with Crippen LogP contribution in [-0.2, 0) is 43.2 Å². The van der Waals surface area contributed by atoms with Gasteiger partial charge >= 0.3 is 18.2 Å². The third-order valence-electron chi connectivity index (χ3n) is 6.86. The highest BCUT2D eigenvalue weighted by atomic mass is 16.6. The van der Waals surface area contributed by atoms with E-state index in [1.165, 1.54) is 4.90 Å². The number of carbonyl (C=O) groups excluding carboxylic acids is 4. The molecule has 1 aliphatic rings. The van der Waals surface area contributed by atoms with Crippen molar-refractivity contribution >= 4 is 24.1 Å². The van der Waals surface area contributed by atoms with Gasteiger partial charge in [0.15, 0.2) is 0 Å². The maximum atomic E-state index is 14.1. The van der Waals surface area contributed by atoms with E-state index in [2.05, 4.69) is 10.6 Å². The molecule has 1 aliphatic carbocycles. The normalized spacial score (nSPS) is 13.8. The van der Waals surface area contributed by atoms with E-state index < -0.39 is 35.4 Å². The molecule has 1 atom stereocenters. The van der Waals surface area contributed by atoms with Gasteiger partial charge in [0.2, 0.25) is 5.91 Å². The second kappa shape index (κ2) is 15.6. The molecular formula is C34H47N3O7. The van der Waals surface area contributed by atoms with Crippen LogP contribution in [0.3, 0.4) is 0 Å². The molecule has 3 rings (SSSR count). The Morgan fingerprint density at radius 2 is 1.41 bits per heavy atom. The highest BCUT2D eigenvalue weighted by Gasteiger charge is 2.36. The van der Waals surface area contributed by atoms with Gasteiger partial charge in [-0.15, -0.1) is 0 Å². The number of benzene rings is 2. The molecule has 10 nitrogen and oxygen atoms in total. The highest BCUT2D eigenvalue weighted by molar-refractivity contribution is 5.89. The number of rotatable bonds is 12. The Hall–Kier alpha value is -4.08. The number of ether oxygens (including phenoxy) is 3. The number of esters is 1. The summed E-state index contributed by atoms with van der Waals surface area (Å²) in [5.41, 5.74) is 1.67. The van der Waals surface area contributed by atoms with Gasteiger partial charge in [-0.1, -0.05) is 54.6 Å². The lowest BCUT2D eigenvalue weighted by Gasteiger charge is -2.33. The zero-order chi connectivity index (χ0) is 32.3. The Kier molecular flexibility index (Phi) is 12.2.